The Morgan fingerprint density at radius 2 is 1.96 bits per heavy atom. The third-order valence-electron chi connectivity index (χ3n) is 6.25. The smallest absolute Gasteiger partial charge is 0.137 e. The average molecular weight is 320 g/mol. The Balaban J connectivity index is 1.49. The molecule has 124 valence electrons. The lowest BCUT2D eigenvalue weighted by Crippen LogP contribution is -2.33. The third-order valence-corrected chi connectivity index (χ3v) is 6.25. The van der Waals surface area contributed by atoms with Crippen LogP contribution in [0.3, 0.4) is 0 Å². The highest BCUT2D eigenvalue weighted by Gasteiger charge is 2.36. The minimum Gasteiger partial charge on any atom is -0.346 e. The van der Waals surface area contributed by atoms with Crippen molar-refractivity contribution in [2.75, 3.05) is 0 Å². The minimum absolute atomic E-state index is 0.598. The molecule has 2 aliphatic carbocycles. The number of H-pyrrole nitrogens is 1. The van der Waals surface area contributed by atoms with Crippen LogP contribution in [-0.2, 0) is 0 Å². The molecule has 3 atom stereocenters. The number of nitrogens with zero attached hydrogens (tertiary/aromatic N) is 3. The number of pyridine rings is 1. The van der Waals surface area contributed by atoms with Crippen molar-refractivity contribution in [3.63, 3.8) is 0 Å². The second-order valence-electron chi connectivity index (χ2n) is 7.51. The molecule has 0 bridgehead atoms. The van der Waals surface area contributed by atoms with E-state index < -0.39 is 0 Å². The Hall–Kier alpha value is -2.10. The lowest BCUT2D eigenvalue weighted by Gasteiger charge is -2.41. The Morgan fingerprint density at radius 3 is 2.96 bits per heavy atom. The van der Waals surface area contributed by atoms with E-state index in [2.05, 4.69) is 33.0 Å². The topological polar surface area (TPSA) is 46.5 Å². The van der Waals surface area contributed by atoms with Crippen molar-refractivity contribution >= 4 is 11.0 Å². The van der Waals surface area contributed by atoms with Crippen molar-refractivity contribution in [3.05, 3.63) is 36.9 Å². The number of hydrogen-bond donors (Lipinski definition) is 1. The molecule has 24 heavy (non-hydrogen) atoms. The summed E-state index contributed by atoms with van der Waals surface area (Å²) in [5.74, 6) is 1.77. The van der Waals surface area contributed by atoms with Crippen LogP contribution in [0.4, 0.5) is 0 Å². The summed E-state index contributed by atoms with van der Waals surface area (Å²) in [5, 5.41) is 5.96. The molecule has 3 unspecified atom stereocenters. The zero-order chi connectivity index (χ0) is 15.9. The maximum absolute atomic E-state index is 4.78. The fraction of sp³-hybridized carbons (Fsp3) is 0.500. The van der Waals surface area contributed by atoms with Gasteiger partial charge in [0.1, 0.15) is 5.65 Å². The van der Waals surface area contributed by atoms with Crippen LogP contribution in [0.15, 0.2) is 36.9 Å². The minimum atomic E-state index is 0.598. The average Bonchev–Trinajstić information content (AvgIpc) is 3.30. The first-order valence-corrected chi connectivity index (χ1v) is 9.37. The van der Waals surface area contributed by atoms with Gasteiger partial charge in [0.05, 0.1) is 12.2 Å². The Bertz CT molecular complexity index is 844. The first kappa shape index (κ1) is 14.3. The summed E-state index contributed by atoms with van der Waals surface area (Å²) in [4.78, 5) is 7.59. The SMILES string of the molecule is c1cc(-c2cnn(C3CCCC4CCCCC43)c2)c2cc[nH]c2n1. The summed E-state index contributed by atoms with van der Waals surface area (Å²) >= 11 is 0. The first-order valence-electron chi connectivity index (χ1n) is 9.37. The van der Waals surface area contributed by atoms with Gasteiger partial charge in [-0.25, -0.2) is 4.98 Å². The van der Waals surface area contributed by atoms with Crippen molar-refractivity contribution in [1.82, 2.24) is 19.7 Å². The predicted octanol–water partition coefficient (Wildman–Crippen LogP) is 4.96. The zero-order valence-corrected chi connectivity index (χ0v) is 14.0. The monoisotopic (exact) mass is 320 g/mol. The van der Waals surface area contributed by atoms with E-state index in [9.17, 15) is 0 Å². The molecule has 0 radical (unpaired) electrons. The van der Waals surface area contributed by atoms with Crippen molar-refractivity contribution in [3.8, 4) is 11.1 Å². The van der Waals surface area contributed by atoms with Crippen LogP contribution in [0.2, 0.25) is 0 Å². The quantitative estimate of drug-likeness (QED) is 0.725. The van der Waals surface area contributed by atoms with E-state index in [1.165, 1.54) is 61.5 Å². The van der Waals surface area contributed by atoms with Gasteiger partial charge in [-0.15, -0.1) is 0 Å². The number of nitrogens with one attached hydrogen (secondary N) is 1. The molecule has 1 N–H and O–H groups in total. The molecule has 0 aliphatic heterocycles. The van der Waals surface area contributed by atoms with E-state index in [4.69, 9.17) is 5.10 Å². The molecule has 2 aliphatic rings. The second-order valence-corrected chi connectivity index (χ2v) is 7.51. The van der Waals surface area contributed by atoms with E-state index in [1.54, 1.807) is 0 Å². The fourth-order valence-electron chi connectivity index (χ4n) is 5.10. The highest BCUT2D eigenvalue weighted by Crippen LogP contribution is 2.46. The van der Waals surface area contributed by atoms with E-state index in [0.717, 1.165) is 17.5 Å². The van der Waals surface area contributed by atoms with Crippen molar-refractivity contribution in [2.24, 2.45) is 11.8 Å². The molecule has 3 aromatic heterocycles. The number of aromatic nitrogens is 4. The number of aromatic amines is 1. The third kappa shape index (κ3) is 2.27. The van der Waals surface area contributed by atoms with Crippen LogP contribution >= 0.6 is 0 Å². The lowest BCUT2D eigenvalue weighted by atomic mass is 9.68. The molecule has 2 saturated carbocycles. The van der Waals surface area contributed by atoms with E-state index in [1.807, 2.05) is 18.6 Å². The van der Waals surface area contributed by atoms with Crippen LogP contribution in [0.1, 0.15) is 51.0 Å². The van der Waals surface area contributed by atoms with Gasteiger partial charge in [0.2, 0.25) is 0 Å². The van der Waals surface area contributed by atoms with Crippen molar-refractivity contribution < 1.29 is 0 Å². The molecule has 0 spiro atoms. The molecular formula is C20H24N4. The summed E-state index contributed by atoms with van der Waals surface area (Å²) in [6.07, 6.45) is 17.9. The molecule has 0 aromatic carbocycles. The van der Waals surface area contributed by atoms with Crippen LogP contribution in [0.25, 0.3) is 22.2 Å². The Labute approximate surface area is 142 Å². The highest BCUT2D eigenvalue weighted by molar-refractivity contribution is 5.92. The van der Waals surface area contributed by atoms with Gasteiger partial charge in [-0.2, -0.15) is 5.10 Å². The van der Waals surface area contributed by atoms with E-state index in [0.29, 0.717) is 6.04 Å². The second kappa shape index (κ2) is 5.76. The number of rotatable bonds is 2. The van der Waals surface area contributed by atoms with Gasteiger partial charge in [0, 0.05) is 29.5 Å². The standard InChI is InChI=1S/C20H24N4/c1-2-6-17-14(4-1)5-3-7-19(17)24-13-15(12-23-24)16-8-10-21-20-18(16)9-11-22-20/h8-14,17,19H,1-7H2,(H,21,22). The highest BCUT2D eigenvalue weighted by atomic mass is 15.3. The normalized spacial score (nSPS) is 27.2. The molecule has 3 aromatic rings. The predicted molar refractivity (Wildman–Crippen MR) is 95.7 cm³/mol. The van der Waals surface area contributed by atoms with Crippen LogP contribution in [0.5, 0.6) is 0 Å². The van der Waals surface area contributed by atoms with Gasteiger partial charge in [-0.05, 0) is 42.4 Å². The summed E-state index contributed by atoms with van der Waals surface area (Å²) in [6, 6.07) is 4.80. The van der Waals surface area contributed by atoms with Gasteiger partial charge in [0.15, 0.2) is 0 Å². The van der Waals surface area contributed by atoms with Crippen molar-refractivity contribution in [2.45, 2.75) is 51.0 Å². The summed E-state index contributed by atoms with van der Waals surface area (Å²) in [6.45, 7) is 0. The maximum atomic E-state index is 4.78. The largest absolute Gasteiger partial charge is 0.346 e. The van der Waals surface area contributed by atoms with Gasteiger partial charge < -0.3 is 4.98 Å². The summed E-state index contributed by atoms with van der Waals surface area (Å²) in [5.41, 5.74) is 3.38. The molecule has 3 heterocycles. The van der Waals surface area contributed by atoms with E-state index >= 15 is 0 Å². The molecule has 2 fully saturated rings. The van der Waals surface area contributed by atoms with E-state index in [-0.39, 0.29) is 0 Å². The van der Waals surface area contributed by atoms with Crippen molar-refractivity contribution in [1.29, 1.82) is 0 Å². The Kier molecular flexibility index (Phi) is 3.42. The molecule has 4 heteroatoms. The molecule has 0 amide bonds. The van der Waals surface area contributed by atoms with Crippen LogP contribution in [0, 0.1) is 11.8 Å². The molecule has 0 saturated heterocycles. The molecule has 5 rings (SSSR count). The summed E-state index contributed by atoms with van der Waals surface area (Å²) < 4.78 is 2.27. The van der Waals surface area contributed by atoms with Gasteiger partial charge in [-0.3, -0.25) is 4.68 Å². The number of hydrogen-bond acceptors (Lipinski definition) is 2. The van der Waals surface area contributed by atoms with Gasteiger partial charge in [-0.1, -0.05) is 32.1 Å². The van der Waals surface area contributed by atoms with Gasteiger partial charge >= 0.3 is 0 Å². The van der Waals surface area contributed by atoms with Crippen LogP contribution < -0.4 is 0 Å². The lowest BCUT2D eigenvalue weighted by molar-refractivity contribution is 0.102. The molecule has 4 nitrogen and oxygen atoms in total. The maximum Gasteiger partial charge on any atom is 0.137 e. The fourth-order valence-corrected chi connectivity index (χ4v) is 5.10. The first-order chi connectivity index (χ1) is 11.9. The number of fused-ring (bicyclic) bond motifs is 2. The zero-order valence-electron chi connectivity index (χ0n) is 14.0. The Morgan fingerprint density at radius 1 is 1.04 bits per heavy atom. The molecular weight excluding hydrogens is 296 g/mol. The summed E-state index contributed by atoms with van der Waals surface area (Å²) in [7, 11) is 0. The van der Waals surface area contributed by atoms with Gasteiger partial charge in [0.25, 0.3) is 0 Å². The van der Waals surface area contributed by atoms with Crippen LogP contribution in [-0.4, -0.2) is 19.7 Å².